The summed E-state index contributed by atoms with van der Waals surface area (Å²) >= 11 is 1.78. The fourth-order valence-electron chi connectivity index (χ4n) is 2.37. The molecule has 2 rings (SSSR count). The quantitative estimate of drug-likeness (QED) is 0.875. The van der Waals surface area contributed by atoms with Crippen LogP contribution in [0.1, 0.15) is 25.8 Å². The monoisotopic (exact) mass is 319 g/mol. The highest BCUT2D eigenvalue weighted by Gasteiger charge is 2.37. The molecule has 0 spiro atoms. The summed E-state index contributed by atoms with van der Waals surface area (Å²) in [7, 11) is 1.36. The van der Waals surface area contributed by atoms with Crippen molar-refractivity contribution < 1.29 is 17.9 Å². The molecule has 0 amide bonds. The van der Waals surface area contributed by atoms with E-state index in [1.807, 2.05) is 0 Å². The van der Waals surface area contributed by atoms with E-state index in [1.165, 1.54) is 13.2 Å². The zero-order chi connectivity index (χ0) is 15.7. The molecular formula is C15H20F3NOS. The Bertz CT molecular complexity index is 502. The number of hydrogen-bond donors (Lipinski definition) is 1. The van der Waals surface area contributed by atoms with Gasteiger partial charge in [0, 0.05) is 17.5 Å². The number of rotatable bonds is 3. The van der Waals surface area contributed by atoms with Gasteiger partial charge in [0.15, 0.2) is 0 Å². The average molecular weight is 319 g/mol. The topological polar surface area (TPSA) is 21.3 Å². The van der Waals surface area contributed by atoms with Crippen molar-refractivity contribution in [1.29, 1.82) is 0 Å². The van der Waals surface area contributed by atoms with Gasteiger partial charge in [-0.05, 0) is 35.8 Å². The Kier molecular flexibility index (Phi) is 4.66. The lowest BCUT2D eigenvalue weighted by Gasteiger charge is -2.39. The lowest BCUT2D eigenvalue weighted by atomic mass is 9.82. The third kappa shape index (κ3) is 3.78. The second-order valence-electron chi connectivity index (χ2n) is 5.92. The number of hydrogen-bond acceptors (Lipinski definition) is 3. The maximum atomic E-state index is 13.2. The summed E-state index contributed by atoms with van der Waals surface area (Å²) in [6, 6.07) is 4.08. The van der Waals surface area contributed by atoms with Crippen LogP contribution >= 0.6 is 11.8 Å². The Morgan fingerprint density at radius 1 is 1.33 bits per heavy atom. The van der Waals surface area contributed by atoms with Gasteiger partial charge in [-0.25, -0.2) is 0 Å². The SMILES string of the molecule is COc1ccc(NC2CSCCC2(C)C)c(C(F)(F)F)c1. The van der Waals surface area contributed by atoms with Gasteiger partial charge in [0.05, 0.1) is 12.7 Å². The number of halogens is 3. The van der Waals surface area contributed by atoms with Crippen LogP contribution in [-0.4, -0.2) is 24.7 Å². The summed E-state index contributed by atoms with van der Waals surface area (Å²) < 4.78 is 44.5. The molecule has 1 heterocycles. The van der Waals surface area contributed by atoms with E-state index in [2.05, 4.69) is 19.2 Å². The minimum absolute atomic E-state index is 0.0192. The van der Waals surface area contributed by atoms with Gasteiger partial charge in [-0.15, -0.1) is 0 Å². The Morgan fingerprint density at radius 2 is 2.05 bits per heavy atom. The van der Waals surface area contributed by atoms with Crippen molar-refractivity contribution in [2.45, 2.75) is 32.5 Å². The van der Waals surface area contributed by atoms with Gasteiger partial charge in [-0.1, -0.05) is 13.8 Å². The third-order valence-corrected chi connectivity index (χ3v) is 5.04. The number of thioether (sulfide) groups is 1. The maximum Gasteiger partial charge on any atom is 0.418 e. The minimum atomic E-state index is -4.40. The van der Waals surface area contributed by atoms with E-state index < -0.39 is 11.7 Å². The van der Waals surface area contributed by atoms with Crippen molar-refractivity contribution in [3.05, 3.63) is 23.8 Å². The fourth-order valence-corrected chi connectivity index (χ4v) is 3.98. The number of alkyl halides is 3. The Labute approximate surface area is 127 Å². The summed E-state index contributed by atoms with van der Waals surface area (Å²) in [5.74, 6) is 2.08. The minimum Gasteiger partial charge on any atom is -0.497 e. The Balaban J connectivity index is 2.31. The van der Waals surface area contributed by atoms with E-state index in [9.17, 15) is 13.2 Å². The molecule has 0 saturated carbocycles. The molecule has 21 heavy (non-hydrogen) atoms. The van der Waals surface area contributed by atoms with E-state index in [0.29, 0.717) is 0 Å². The summed E-state index contributed by atoms with van der Waals surface area (Å²) in [5, 5.41) is 3.10. The molecule has 0 radical (unpaired) electrons. The summed E-state index contributed by atoms with van der Waals surface area (Å²) in [6.45, 7) is 4.20. The first-order valence-corrected chi connectivity index (χ1v) is 7.99. The number of nitrogens with one attached hydrogen (secondary N) is 1. The summed E-state index contributed by atoms with van der Waals surface area (Å²) in [6.07, 6.45) is -3.41. The maximum absolute atomic E-state index is 13.2. The molecule has 1 aromatic carbocycles. The highest BCUT2D eigenvalue weighted by atomic mass is 32.2. The van der Waals surface area contributed by atoms with Gasteiger partial charge in [-0.2, -0.15) is 24.9 Å². The molecule has 0 aliphatic carbocycles. The highest BCUT2D eigenvalue weighted by molar-refractivity contribution is 7.99. The molecule has 0 aromatic heterocycles. The molecule has 1 fully saturated rings. The predicted octanol–water partition coefficient (Wildman–Crippen LogP) is 4.66. The zero-order valence-corrected chi connectivity index (χ0v) is 13.2. The Morgan fingerprint density at radius 3 is 2.62 bits per heavy atom. The summed E-state index contributed by atoms with van der Waals surface area (Å²) in [5.41, 5.74) is -0.564. The van der Waals surface area contributed by atoms with Crippen LogP contribution < -0.4 is 10.1 Å². The van der Waals surface area contributed by atoms with Crippen molar-refractivity contribution in [3.63, 3.8) is 0 Å². The van der Waals surface area contributed by atoms with Crippen molar-refractivity contribution in [2.75, 3.05) is 23.9 Å². The molecule has 6 heteroatoms. The van der Waals surface area contributed by atoms with Crippen molar-refractivity contribution in [3.8, 4) is 5.75 Å². The molecule has 1 atom stereocenters. The van der Waals surface area contributed by atoms with Gasteiger partial charge in [0.1, 0.15) is 5.75 Å². The molecule has 1 aliphatic rings. The zero-order valence-electron chi connectivity index (χ0n) is 12.4. The van der Waals surface area contributed by atoms with Crippen LogP contribution in [-0.2, 0) is 6.18 Å². The third-order valence-electron chi connectivity index (χ3n) is 3.98. The van der Waals surface area contributed by atoms with E-state index in [1.54, 1.807) is 17.8 Å². The lowest BCUT2D eigenvalue weighted by molar-refractivity contribution is -0.137. The molecular weight excluding hydrogens is 299 g/mol. The van der Waals surface area contributed by atoms with E-state index >= 15 is 0 Å². The number of methoxy groups -OCH3 is 1. The van der Waals surface area contributed by atoms with Crippen LogP contribution in [0, 0.1) is 5.41 Å². The summed E-state index contributed by atoms with van der Waals surface area (Å²) in [4.78, 5) is 0. The molecule has 1 unspecified atom stereocenters. The number of ether oxygens (including phenoxy) is 1. The smallest absolute Gasteiger partial charge is 0.418 e. The van der Waals surface area contributed by atoms with Crippen LogP contribution in [0.2, 0.25) is 0 Å². The van der Waals surface area contributed by atoms with Gasteiger partial charge in [0.2, 0.25) is 0 Å². The lowest BCUT2D eigenvalue weighted by Crippen LogP contribution is -2.42. The molecule has 2 nitrogen and oxygen atoms in total. The second kappa shape index (κ2) is 5.99. The van der Waals surface area contributed by atoms with Crippen LogP contribution in [0.25, 0.3) is 0 Å². The van der Waals surface area contributed by atoms with Crippen LogP contribution in [0.4, 0.5) is 18.9 Å². The van der Waals surface area contributed by atoms with Crippen molar-refractivity contribution in [1.82, 2.24) is 0 Å². The molecule has 1 aromatic rings. The normalized spacial score (nSPS) is 21.9. The van der Waals surface area contributed by atoms with E-state index in [4.69, 9.17) is 4.74 Å². The molecule has 118 valence electrons. The number of anilines is 1. The second-order valence-corrected chi connectivity index (χ2v) is 7.07. The molecule has 1 N–H and O–H groups in total. The molecule has 1 saturated heterocycles. The fraction of sp³-hybridized carbons (Fsp3) is 0.600. The van der Waals surface area contributed by atoms with Crippen LogP contribution in [0.5, 0.6) is 5.75 Å². The van der Waals surface area contributed by atoms with Crippen molar-refractivity contribution in [2.24, 2.45) is 5.41 Å². The van der Waals surface area contributed by atoms with Gasteiger partial charge >= 0.3 is 6.18 Å². The first-order chi connectivity index (χ1) is 9.74. The molecule has 0 bridgehead atoms. The van der Waals surface area contributed by atoms with Crippen LogP contribution in [0.15, 0.2) is 18.2 Å². The van der Waals surface area contributed by atoms with E-state index in [0.717, 1.165) is 24.0 Å². The van der Waals surface area contributed by atoms with Crippen LogP contribution in [0.3, 0.4) is 0 Å². The van der Waals surface area contributed by atoms with Gasteiger partial charge in [-0.3, -0.25) is 0 Å². The highest BCUT2D eigenvalue weighted by Crippen LogP contribution is 2.41. The average Bonchev–Trinajstić information content (AvgIpc) is 2.40. The predicted molar refractivity (Wildman–Crippen MR) is 81.1 cm³/mol. The first kappa shape index (κ1) is 16.3. The van der Waals surface area contributed by atoms with Crippen molar-refractivity contribution >= 4 is 17.4 Å². The van der Waals surface area contributed by atoms with E-state index in [-0.39, 0.29) is 22.9 Å². The largest absolute Gasteiger partial charge is 0.497 e. The van der Waals surface area contributed by atoms with Gasteiger partial charge in [0.25, 0.3) is 0 Å². The molecule has 1 aliphatic heterocycles. The van der Waals surface area contributed by atoms with Gasteiger partial charge < -0.3 is 10.1 Å². The Hall–Kier alpha value is -1.04. The first-order valence-electron chi connectivity index (χ1n) is 6.83. The standard InChI is InChI=1S/C15H20F3NOS/c1-14(2)6-7-21-9-13(14)19-12-5-4-10(20-3)8-11(12)15(16,17)18/h4-5,8,13,19H,6-7,9H2,1-3H3. The number of benzene rings is 1.